The number of aryl methyl sites for hydroxylation is 2. The standard InChI is InChI=1S/C20H29N3O4/c1-14-18(15(2)27-22-14)13-26-19-6-5-16(9-20(19)24-4)10-21-11-17-12-23(3)7-8-25-17/h5-6,9,17,21H,7-8,10-13H2,1-4H3/t17-/m0/s1. The molecule has 27 heavy (non-hydrogen) atoms. The lowest BCUT2D eigenvalue weighted by molar-refractivity contribution is -0.0182. The van der Waals surface area contributed by atoms with Crippen LogP contribution in [0.3, 0.4) is 0 Å². The molecular weight excluding hydrogens is 346 g/mol. The van der Waals surface area contributed by atoms with E-state index >= 15 is 0 Å². The number of benzene rings is 1. The fraction of sp³-hybridized carbons (Fsp3) is 0.550. The van der Waals surface area contributed by atoms with E-state index in [0.29, 0.717) is 12.4 Å². The van der Waals surface area contributed by atoms with E-state index in [1.54, 1.807) is 7.11 Å². The SMILES string of the molecule is COc1cc(CNC[C@H]2CN(C)CCO2)ccc1OCc1c(C)noc1C. The number of nitrogens with one attached hydrogen (secondary N) is 1. The van der Waals surface area contributed by atoms with Gasteiger partial charge in [0.15, 0.2) is 11.5 Å². The van der Waals surface area contributed by atoms with Crippen molar-refractivity contribution in [1.82, 2.24) is 15.4 Å². The molecule has 1 atom stereocenters. The van der Waals surface area contributed by atoms with Crippen molar-refractivity contribution in [3.8, 4) is 11.5 Å². The van der Waals surface area contributed by atoms with Gasteiger partial charge in [0, 0.05) is 26.2 Å². The van der Waals surface area contributed by atoms with Crippen molar-refractivity contribution in [3.05, 3.63) is 40.8 Å². The first-order valence-electron chi connectivity index (χ1n) is 9.29. The fourth-order valence-corrected chi connectivity index (χ4v) is 3.17. The van der Waals surface area contributed by atoms with E-state index in [1.165, 1.54) is 0 Å². The molecule has 148 valence electrons. The van der Waals surface area contributed by atoms with Gasteiger partial charge in [-0.2, -0.15) is 0 Å². The summed E-state index contributed by atoms with van der Waals surface area (Å²) in [4.78, 5) is 2.30. The number of likely N-dealkylation sites (N-methyl/N-ethyl adjacent to an activating group) is 1. The van der Waals surface area contributed by atoms with Gasteiger partial charge in [-0.05, 0) is 38.6 Å². The molecule has 1 aromatic carbocycles. The number of methoxy groups -OCH3 is 1. The maximum absolute atomic E-state index is 5.93. The maximum atomic E-state index is 5.93. The Labute approximate surface area is 160 Å². The Balaban J connectivity index is 1.54. The van der Waals surface area contributed by atoms with Crippen molar-refractivity contribution in [2.45, 2.75) is 33.1 Å². The second-order valence-electron chi connectivity index (χ2n) is 6.96. The number of rotatable bonds is 8. The lowest BCUT2D eigenvalue weighted by Gasteiger charge is -2.30. The molecule has 0 aliphatic carbocycles. The van der Waals surface area contributed by atoms with E-state index in [0.717, 1.165) is 61.1 Å². The minimum Gasteiger partial charge on any atom is -0.493 e. The smallest absolute Gasteiger partial charge is 0.161 e. The summed E-state index contributed by atoms with van der Waals surface area (Å²) in [5.41, 5.74) is 2.96. The molecule has 0 spiro atoms. The van der Waals surface area contributed by atoms with Crippen molar-refractivity contribution in [2.24, 2.45) is 0 Å². The van der Waals surface area contributed by atoms with Crippen LogP contribution in [0, 0.1) is 13.8 Å². The highest BCUT2D eigenvalue weighted by Crippen LogP contribution is 2.29. The third kappa shape index (κ3) is 5.22. The Hall–Kier alpha value is -2.09. The van der Waals surface area contributed by atoms with Crippen LogP contribution in [0.1, 0.15) is 22.6 Å². The fourth-order valence-electron chi connectivity index (χ4n) is 3.17. The first-order valence-corrected chi connectivity index (χ1v) is 9.29. The third-order valence-electron chi connectivity index (χ3n) is 4.82. The predicted octanol–water partition coefficient (Wildman–Crippen LogP) is 2.30. The zero-order valence-electron chi connectivity index (χ0n) is 16.6. The molecule has 1 N–H and O–H groups in total. The molecule has 1 aliphatic rings. The topological polar surface area (TPSA) is 69.0 Å². The normalized spacial score (nSPS) is 17.9. The lowest BCUT2D eigenvalue weighted by Crippen LogP contribution is -2.44. The van der Waals surface area contributed by atoms with Crippen LogP contribution in [0.4, 0.5) is 0 Å². The molecule has 0 bridgehead atoms. The van der Waals surface area contributed by atoms with Crippen molar-refractivity contribution in [1.29, 1.82) is 0 Å². The average molecular weight is 375 g/mol. The number of aromatic nitrogens is 1. The minimum absolute atomic E-state index is 0.239. The van der Waals surface area contributed by atoms with Gasteiger partial charge in [-0.15, -0.1) is 0 Å². The van der Waals surface area contributed by atoms with E-state index in [9.17, 15) is 0 Å². The van der Waals surface area contributed by atoms with Crippen LogP contribution in [0.2, 0.25) is 0 Å². The molecular formula is C20H29N3O4. The van der Waals surface area contributed by atoms with Crippen LogP contribution in [-0.4, -0.2) is 56.6 Å². The first-order chi connectivity index (χ1) is 13.1. The number of nitrogens with zero attached hydrogens (tertiary/aromatic N) is 2. The van der Waals surface area contributed by atoms with Crippen LogP contribution >= 0.6 is 0 Å². The molecule has 1 aromatic heterocycles. The summed E-state index contributed by atoms with van der Waals surface area (Å²) in [6.07, 6.45) is 0.239. The highest BCUT2D eigenvalue weighted by Gasteiger charge is 2.17. The van der Waals surface area contributed by atoms with Gasteiger partial charge in [-0.1, -0.05) is 11.2 Å². The van der Waals surface area contributed by atoms with Gasteiger partial charge in [-0.25, -0.2) is 0 Å². The van der Waals surface area contributed by atoms with Crippen LogP contribution in [0.15, 0.2) is 22.7 Å². The van der Waals surface area contributed by atoms with Crippen LogP contribution in [0.25, 0.3) is 0 Å². The summed E-state index contributed by atoms with van der Waals surface area (Å²) >= 11 is 0. The van der Waals surface area contributed by atoms with Crippen molar-refractivity contribution in [3.63, 3.8) is 0 Å². The second kappa shape index (κ2) is 9.21. The number of hydrogen-bond donors (Lipinski definition) is 1. The molecule has 7 heteroatoms. The largest absolute Gasteiger partial charge is 0.493 e. The molecule has 7 nitrogen and oxygen atoms in total. The minimum atomic E-state index is 0.239. The van der Waals surface area contributed by atoms with Gasteiger partial charge in [-0.3, -0.25) is 0 Å². The summed E-state index contributed by atoms with van der Waals surface area (Å²) in [6.45, 7) is 8.55. The third-order valence-corrected chi connectivity index (χ3v) is 4.82. The van der Waals surface area contributed by atoms with E-state index < -0.39 is 0 Å². The molecule has 1 saturated heterocycles. The Morgan fingerprint density at radius 2 is 2.15 bits per heavy atom. The monoisotopic (exact) mass is 375 g/mol. The van der Waals surface area contributed by atoms with E-state index in [-0.39, 0.29) is 6.10 Å². The van der Waals surface area contributed by atoms with Crippen molar-refractivity contribution in [2.75, 3.05) is 40.4 Å². The van der Waals surface area contributed by atoms with E-state index in [2.05, 4.69) is 22.4 Å². The van der Waals surface area contributed by atoms with Gasteiger partial charge in [0.1, 0.15) is 12.4 Å². The predicted molar refractivity (Wildman–Crippen MR) is 102 cm³/mol. The lowest BCUT2D eigenvalue weighted by atomic mass is 10.2. The average Bonchev–Trinajstić information content (AvgIpc) is 2.98. The number of hydrogen-bond acceptors (Lipinski definition) is 7. The van der Waals surface area contributed by atoms with Gasteiger partial charge in [0.25, 0.3) is 0 Å². The Morgan fingerprint density at radius 3 is 2.85 bits per heavy atom. The zero-order valence-corrected chi connectivity index (χ0v) is 16.6. The second-order valence-corrected chi connectivity index (χ2v) is 6.96. The Bertz CT molecular complexity index is 727. The molecule has 0 unspecified atom stereocenters. The van der Waals surface area contributed by atoms with Crippen LogP contribution in [0.5, 0.6) is 11.5 Å². The van der Waals surface area contributed by atoms with Crippen molar-refractivity contribution < 1.29 is 18.7 Å². The first kappa shape index (κ1) is 19.7. The molecule has 2 aromatic rings. The molecule has 2 heterocycles. The van der Waals surface area contributed by atoms with Crippen LogP contribution < -0.4 is 14.8 Å². The number of morpholine rings is 1. The highest BCUT2D eigenvalue weighted by atomic mass is 16.5. The summed E-state index contributed by atoms with van der Waals surface area (Å²) in [7, 11) is 3.78. The summed E-state index contributed by atoms with van der Waals surface area (Å²) < 4.78 is 22.4. The van der Waals surface area contributed by atoms with Gasteiger partial charge in [0.05, 0.1) is 31.1 Å². The molecule has 1 fully saturated rings. The van der Waals surface area contributed by atoms with Crippen LogP contribution in [-0.2, 0) is 17.9 Å². The molecule has 0 amide bonds. The van der Waals surface area contributed by atoms with Gasteiger partial charge < -0.3 is 29.0 Å². The Morgan fingerprint density at radius 1 is 1.30 bits per heavy atom. The summed E-state index contributed by atoms with van der Waals surface area (Å²) in [5.74, 6) is 2.20. The highest BCUT2D eigenvalue weighted by molar-refractivity contribution is 5.43. The number of ether oxygens (including phenoxy) is 3. The molecule has 0 radical (unpaired) electrons. The van der Waals surface area contributed by atoms with E-state index in [4.69, 9.17) is 18.7 Å². The van der Waals surface area contributed by atoms with Gasteiger partial charge >= 0.3 is 0 Å². The molecule has 3 rings (SSSR count). The Kier molecular flexibility index (Phi) is 6.71. The summed E-state index contributed by atoms with van der Waals surface area (Å²) in [6, 6.07) is 5.99. The quantitative estimate of drug-likeness (QED) is 0.759. The van der Waals surface area contributed by atoms with Crippen molar-refractivity contribution >= 4 is 0 Å². The molecule has 1 aliphatic heterocycles. The zero-order chi connectivity index (χ0) is 19.2. The van der Waals surface area contributed by atoms with E-state index in [1.807, 2.05) is 32.0 Å². The van der Waals surface area contributed by atoms with Gasteiger partial charge in [0.2, 0.25) is 0 Å². The maximum Gasteiger partial charge on any atom is 0.161 e. The summed E-state index contributed by atoms with van der Waals surface area (Å²) in [5, 5.41) is 7.42. The molecule has 0 saturated carbocycles.